The van der Waals surface area contributed by atoms with Crippen molar-refractivity contribution in [3.8, 4) is 0 Å². The number of allylic oxidation sites excluding steroid dienone is 2. The lowest BCUT2D eigenvalue weighted by Crippen LogP contribution is -2.17. The van der Waals surface area contributed by atoms with Gasteiger partial charge in [0.05, 0.1) is 23.4 Å². The highest BCUT2D eigenvalue weighted by Gasteiger charge is 2.31. The number of carboxylic acids is 1. The number of benzene rings is 2. The van der Waals surface area contributed by atoms with Gasteiger partial charge in [-0.1, -0.05) is 62.4 Å². The Balaban J connectivity index is 0.000000605. The zero-order chi connectivity index (χ0) is 23.6. The lowest BCUT2D eigenvalue weighted by molar-refractivity contribution is -0.113. The zero-order valence-corrected chi connectivity index (χ0v) is 18.6. The molecule has 0 fully saturated rings. The topological polar surface area (TPSA) is 133 Å². The lowest BCUT2D eigenvalue weighted by atomic mass is 9.97. The summed E-state index contributed by atoms with van der Waals surface area (Å²) in [5.74, 6) is -1.49. The molecular formula is C22H26N2O6S. The quantitative estimate of drug-likeness (QED) is 0.477. The third kappa shape index (κ3) is 8.15. The van der Waals surface area contributed by atoms with Crippen LogP contribution in [0, 0.1) is 0 Å². The average Bonchev–Trinajstić information content (AvgIpc) is 3.01. The van der Waals surface area contributed by atoms with E-state index in [0.717, 1.165) is 11.1 Å². The summed E-state index contributed by atoms with van der Waals surface area (Å²) in [6.07, 6.45) is 2.59. The van der Waals surface area contributed by atoms with E-state index in [9.17, 15) is 23.1 Å². The van der Waals surface area contributed by atoms with Crippen molar-refractivity contribution in [3.63, 3.8) is 0 Å². The number of aromatic carboxylic acids is 1. The summed E-state index contributed by atoms with van der Waals surface area (Å²) >= 11 is 0. The molecular weight excluding hydrogens is 420 g/mol. The first-order valence-corrected chi connectivity index (χ1v) is 11.3. The van der Waals surface area contributed by atoms with Gasteiger partial charge in [0.15, 0.2) is 5.78 Å². The van der Waals surface area contributed by atoms with Gasteiger partial charge in [-0.2, -0.15) is 13.5 Å². The molecule has 0 aromatic heterocycles. The maximum absolute atomic E-state index is 12.6. The van der Waals surface area contributed by atoms with Crippen molar-refractivity contribution < 1.29 is 27.7 Å². The number of ketones is 1. The number of rotatable bonds is 4. The number of para-hydroxylation sites is 1. The van der Waals surface area contributed by atoms with Crippen molar-refractivity contribution in [1.82, 2.24) is 0 Å². The van der Waals surface area contributed by atoms with Gasteiger partial charge >= 0.3 is 5.97 Å². The zero-order valence-electron chi connectivity index (χ0n) is 17.7. The van der Waals surface area contributed by atoms with Crippen LogP contribution < -0.4 is 5.43 Å². The minimum absolute atomic E-state index is 0.0981. The van der Waals surface area contributed by atoms with Gasteiger partial charge in [0, 0.05) is 0 Å². The largest absolute Gasteiger partial charge is 0.478 e. The van der Waals surface area contributed by atoms with Gasteiger partial charge in [0.2, 0.25) is 0 Å². The predicted molar refractivity (Wildman–Crippen MR) is 121 cm³/mol. The second-order valence-electron chi connectivity index (χ2n) is 6.26. The molecule has 9 heteroatoms. The highest BCUT2D eigenvalue weighted by atomic mass is 32.2. The summed E-state index contributed by atoms with van der Waals surface area (Å²) in [5, 5.41) is 13.3. The molecule has 0 bridgehead atoms. The maximum atomic E-state index is 12.6. The van der Waals surface area contributed by atoms with E-state index in [0.29, 0.717) is 17.7 Å². The van der Waals surface area contributed by atoms with Gasteiger partial charge < -0.3 is 5.11 Å². The molecule has 0 amide bonds. The Bertz CT molecular complexity index is 1070. The van der Waals surface area contributed by atoms with Crippen molar-refractivity contribution in [2.24, 2.45) is 5.10 Å². The van der Waals surface area contributed by atoms with Gasteiger partial charge in [-0.05, 0) is 30.2 Å². The van der Waals surface area contributed by atoms with Gasteiger partial charge in [0.1, 0.15) is 5.71 Å². The lowest BCUT2D eigenvalue weighted by Gasteiger charge is -2.08. The molecule has 0 aliphatic heterocycles. The van der Waals surface area contributed by atoms with Crippen LogP contribution in [0.25, 0.3) is 0 Å². The molecule has 31 heavy (non-hydrogen) atoms. The molecule has 0 radical (unpaired) electrons. The summed E-state index contributed by atoms with van der Waals surface area (Å²) in [5.41, 5.74) is 5.18. The number of carbonyl (C=O) groups is 2. The van der Waals surface area contributed by atoms with Crippen molar-refractivity contribution in [1.29, 1.82) is 0 Å². The summed E-state index contributed by atoms with van der Waals surface area (Å²) in [4.78, 5) is 23.8. The molecule has 1 aliphatic rings. The van der Waals surface area contributed by atoms with Gasteiger partial charge in [0.25, 0.3) is 10.1 Å². The number of nitrogens with zero attached hydrogens (tertiary/aromatic N) is 1. The average molecular weight is 447 g/mol. The summed E-state index contributed by atoms with van der Waals surface area (Å²) < 4.78 is 25.9. The van der Waals surface area contributed by atoms with Crippen LogP contribution in [0.1, 0.15) is 42.6 Å². The van der Waals surface area contributed by atoms with E-state index in [4.69, 9.17) is 4.55 Å². The Morgan fingerprint density at radius 2 is 1.55 bits per heavy atom. The highest BCUT2D eigenvalue weighted by Crippen LogP contribution is 2.28. The molecule has 1 aliphatic carbocycles. The Morgan fingerprint density at radius 3 is 2.10 bits per heavy atom. The van der Waals surface area contributed by atoms with Crippen LogP contribution in [-0.2, 0) is 14.9 Å². The monoisotopic (exact) mass is 446 g/mol. The van der Waals surface area contributed by atoms with Crippen molar-refractivity contribution >= 4 is 33.3 Å². The Labute approximate surface area is 182 Å². The number of hydrogen-bond donors (Lipinski definition) is 3. The van der Waals surface area contributed by atoms with E-state index in [1.807, 2.05) is 57.2 Å². The minimum atomic E-state index is -3.67. The standard InChI is InChI=1S/C19H16N2O3.C2H6.CH4O3S/c1-12-11-15(13-7-3-2-4-8-13)18(22)17(12)21-20-16-10-6-5-9-14(16)19(23)24;1-2;1-5(2,3)4/h2-11,15,20H,1H3,(H,23,24);1-2H3;1H3,(H,2,3,4). The van der Waals surface area contributed by atoms with Crippen LogP contribution in [-0.4, -0.2) is 41.8 Å². The molecule has 0 spiro atoms. The summed E-state index contributed by atoms with van der Waals surface area (Å²) in [6.45, 7) is 5.82. The number of nitrogens with one attached hydrogen (secondary N) is 1. The molecule has 2 aromatic rings. The number of hydrogen-bond acceptors (Lipinski definition) is 6. The fraction of sp³-hybridized carbons (Fsp3) is 0.227. The van der Waals surface area contributed by atoms with Crippen LogP contribution >= 0.6 is 0 Å². The summed E-state index contributed by atoms with van der Waals surface area (Å²) in [7, 11) is -3.67. The molecule has 2 aromatic carbocycles. The molecule has 0 heterocycles. The molecule has 3 N–H and O–H groups in total. The van der Waals surface area contributed by atoms with Crippen LogP contribution in [0.4, 0.5) is 5.69 Å². The third-order valence-electron chi connectivity index (χ3n) is 3.91. The first kappa shape index (κ1) is 25.7. The second kappa shape index (κ2) is 11.8. The van der Waals surface area contributed by atoms with E-state index < -0.39 is 16.1 Å². The summed E-state index contributed by atoms with van der Waals surface area (Å²) in [6, 6.07) is 15.9. The SMILES string of the molecule is CC.CC1=CC(c2ccccc2)C(=O)C1=NNc1ccccc1C(=O)O.CS(=O)(=O)O. The van der Waals surface area contributed by atoms with Crippen molar-refractivity contribution in [2.75, 3.05) is 11.7 Å². The Morgan fingerprint density at radius 1 is 1.03 bits per heavy atom. The normalized spacial score (nSPS) is 16.4. The molecule has 0 saturated heterocycles. The van der Waals surface area contributed by atoms with Gasteiger partial charge in [-0.25, -0.2) is 4.79 Å². The van der Waals surface area contributed by atoms with Crippen LogP contribution in [0.2, 0.25) is 0 Å². The Kier molecular flexibility index (Phi) is 9.78. The third-order valence-corrected chi connectivity index (χ3v) is 3.91. The highest BCUT2D eigenvalue weighted by molar-refractivity contribution is 7.85. The van der Waals surface area contributed by atoms with E-state index >= 15 is 0 Å². The fourth-order valence-electron chi connectivity index (χ4n) is 2.68. The number of anilines is 1. The molecule has 1 unspecified atom stereocenters. The van der Waals surface area contributed by atoms with Gasteiger partial charge in [-0.3, -0.25) is 14.8 Å². The fourth-order valence-corrected chi connectivity index (χ4v) is 2.68. The van der Waals surface area contributed by atoms with Crippen LogP contribution in [0.5, 0.6) is 0 Å². The number of Topliss-reactive ketones (excluding diaryl/α,β-unsaturated/α-hetero) is 1. The first-order chi connectivity index (χ1) is 14.6. The molecule has 8 nitrogen and oxygen atoms in total. The van der Waals surface area contributed by atoms with Crippen molar-refractivity contribution in [2.45, 2.75) is 26.7 Å². The van der Waals surface area contributed by atoms with Gasteiger partial charge in [-0.15, -0.1) is 0 Å². The van der Waals surface area contributed by atoms with E-state index in [1.54, 1.807) is 18.2 Å². The van der Waals surface area contributed by atoms with E-state index in [2.05, 4.69) is 10.5 Å². The molecule has 166 valence electrons. The smallest absolute Gasteiger partial charge is 0.337 e. The number of carbonyl (C=O) groups excluding carboxylic acids is 1. The maximum Gasteiger partial charge on any atom is 0.337 e. The molecule has 3 rings (SSSR count). The predicted octanol–water partition coefficient (Wildman–Crippen LogP) is 4.00. The van der Waals surface area contributed by atoms with Crippen LogP contribution in [0.15, 0.2) is 71.3 Å². The van der Waals surface area contributed by atoms with E-state index in [1.165, 1.54) is 6.07 Å². The number of hydrazone groups is 1. The Hall–Kier alpha value is -3.30. The van der Waals surface area contributed by atoms with Crippen molar-refractivity contribution in [3.05, 3.63) is 77.4 Å². The molecule has 1 atom stereocenters. The molecule has 0 saturated carbocycles. The van der Waals surface area contributed by atoms with Crippen LogP contribution in [0.3, 0.4) is 0 Å². The minimum Gasteiger partial charge on any atom is -0.478 e. The second-order valence-corrected chi connectivity index (χ2v) is 7.72. The van der Waals surface area contributed by atoms with E-state index in [-0.39, 0.29) is 17.3 Å². The number of carboxylic acid groups (broad SMARTS) is 1. The first-order valence-electron chi connectivity index (χ1n) is 9.44.